The number of carbonyl (C=O) groups excluding carboxylic acids is 7. The number of hydrogen-bond acceptors (Lipinski definition) is 14. The Hall–Kier alpha value is -4.73. The molecule has 1 rings (SSSR count). The third kappa shape index (κ3) is 27.3. The zero-order chi connectivity index (χ0) is 50.9. The fraction of sp³-hybridized carbons (Fsp3) is 0.729. The molecule has 1 fully saturated rings. The Bertz CT molecular complexity index is 1660. The smallest absolute Gasteiger partial charge is 0.328 e. The zero-order valence-electron chi connectivity index (χ0n) is 40.9. The number of aliphatic hydroxyl groups excluding tert-OH is 3. The van der Waals surface area contributed by atoms with Crippen molar-refractivity contribution in [3.8, 4) is 0 Å². The van der Waals surface area contributed by atoms with Crippen LogP contribution < -0.4 is 16.0 Å². The van der Waals surface area contributed by atoms with E-state index in [4.69, 9.17) is 14.9 Å². The maximum Gasteiger partial charge on any atom is 0.328 e. The van der Waals surface area contributed by atoms with Gasteiger partial charge in [-0.2, -0.15) is 0 Å². The van der Waals surface area contributed by atoms with E-state index in [1.807, 2.05) is 0 Å². The van der Waals surface area contributed by atoms with E-state index in [1.165, 1.54) is 70.4 Å². The molecule has 1 aliphatic rings. The monoisotopic (exact) mass is 967 g/mol. The molecule has 0 saturated carbocycles. The van der Waals surface area contributed by atoms with Gasteiger partial charge in [-0.25, -0.2) is 20.0 Å². The molecule has 20 nitrogen and oxygen atoms in total. The molecule has 0 aromatic heterocycles. The van der Waals surface area contributed by atoms with Crippen molar-refractivity contribution in [2.24, 2.45) is 0 Å². The summed E-state index contributed by atoms with van der Waals surface area (Å²) in [6, 6.07) is -2.89. The number of ether oxygens (including phenoxy) is 1. The van der Waals surface area contributed by atoms with Crippen LogP contribution in [0.5, 0.6) is 0 Å². The second-order valence-electron chi connectivity index (χ2n) is 17.7. The van der Waals surface area contributed by atoms with Crippen LogP contribution >= 0.6 is 0 Å². The summed E-state index contributed by atoms with van der Waals surface area (Å²) in [4.78, 5) is 88.7. The van der Waals surface area contributed by atoms with E-state index >= 15 is 0 Å². The normalized spacial score (nSPS) is 16.4. The van der Waals surface area contributed by atoms with Gasteiger partial charge in [0.05, 0.1) is 19.3 Å². The van der Waals surface area contributed by atoms with Crippen LogP contribution in [0, 0.1) is 0 Å². The molecular weight excluding hydrogens is 885 g/mol. The van der Waals surface area contributed by atoms with E-state index in [9.17, 15) is 54.3 Å². The number of amides is 6. The molecule has 1 heterocycles. The number of esters is 1. The van der Waals surface area contributed by atoms with Gasteiger partial charge in [0.25, 0.3) is 17.7 Å². The molecule has 4 atom stereocenters. The second-order valence-corrected chi connectivity index (χ2v) is 17.7. The number of unbranched alkanes of at least 4 members (excludes halogenated alkanes) is 11. The number of nitrogens with one attached hydrogen (secondary N) is 3. The molecule has 0 aromatic rings. The maximum absolute atomic E-state index is 13.2. The fourth-order valence-electron chi connectivity index (χ4n) is 7.20. The first-order chi connectivity index (χ1) is 32.4. The van der Waals surface area contributed by atoms with Crippen LogP contribution in [0.4, 0.5) is 0 Å². The number of hydrogen-bond donors (Lipinski definition) is 9. The molecule has 6 amide bonds. The summed E-state index contributed by atoms with van der Waals surface area (Å²) in [6.07, 6.45) is 17.2. The molecule has 0 aliphatic carbocycles. The first kappa shape index (κ1) is 61.3. The maximum atomic E-state index is 13.2. The quantitative estimate of drug-likeness (QED) is 0.0140. The Morgan fingerprint density at radius 1 is 0.632 bits per heavy atom. The SMILES string of the molecule is CCCCCCCCCCCCCCC(=O)N[C@@H](CCCN(O)C(=O)/C=C(\C)CCO)C(=O)OCC/C(C)=C/C(=O)N(O)CCC[C@@H]1NC(=O)[C@H](CCCN(O)C(=O)/C=C(\C)C(O)CO)NC1=O. The Balaban J connectivity index is 2.60. The topological polar surface area (TPSA) is 296 Å². The van der Waals surface area contributed by atoms with Gasteiger partial charge < -0.3 is 36.0 Å². The summed E-state index contributed by atoms with van der Waals surface area (Å²) in [5, 5.41) is 67.6. The first-order valence-electron chi connectivity index (χ1n) is 24.4. The average Bonchev–Trinajstić information content (AvgIpc) is 3.29. The Labute approximate surface area is 402 Å². The predicted molar refractivity (Wildman–Crippen MR) is 251 cm³/mol. The zero-order valence-corrected chi connectivity index (χ0v) is 40.9. The van der Waals surface area contributed by atoms with Gasteiger partial charge in [0.2, 0.25) is 17.7 Å². The highest BCUT2D eigenvalue weighted by Crippen LogP contribution is 2.14. The number of piperazine rings is 1. The predicted octanol–water partition coefficient (Wildman–Crippen LogP) is 4.05. The highest BCUT2D eigenvalue weighted by molar-refractivity contribution is 5.97. The van der Waals surface area contributed by atoms with Crippen LogP contribution in [0.3, 0.4) is 0 Å². The van der Waals surface area contributed by atoms with E-state index < -0.39 is 66.3 Å². The lowest BCUT2D eigenvalue weighted by Crippen LogP contribution is -2.61. The second kappa shape index (κ2) is 36.3. The Kier molecular flexibility index (Phi) is 32.7. The molecule has 9 N–H and O–H groups in total. The number of rotatable bonds is 37. The van der Waals surface area contributed by atoms with E-state index in [1.54, 1.807) is 13.8 Å². The van der Waals surface area contributed by atoms with Crippen molar-refractivity contribution < 1.29 is 69.2 Å². The third-order valence-electron chi connectivity index (χ3n) is 11.5. The molecule has 388 valence electrons. The van der Waals surface area contributed by atoms with Gasteiger partial charge in [-0.3, -0.25) is 44.4 Å². The number of hydroxylamine groups is 6. The number of carbonyl (C=O) groups is 7. The minimum atomic E-state index is -1.25. The van der Waals surface area contributed by atoms with Crippen molar-refractivity contribution in [3.05, 3.63) is 34.9 Å². The van der Waals surface area contributed by atoms with E-state index in [-0.39, 0.29) is 102 Å². The summed E-state index contributed by atoms with van der Waals surface area (Å²) in [6.45, 7) is 5.55. The summed E-state index contributed by atoms with van der Waals surface area (Å²) < 4.78 is 5.47. The van der Waals surface area contributed by atoms with Crippen LogP contribution in [0.1, 0.15) is 163 Å². The van der Waals surface area contributed by atoms with Crippen LogP contribution in [-0.4, -0.2) is 151 Å². The van der Waals surface area contributed by atoms with E-state index in [0.717, 1.165) is 25.3 Å². The minimum Gasteiger partial charge on any atom is -0.464 e. The van der Waals surface area contributed by atoms with Gasteiger partial charge >= 0.3 is 5.97 Å². The lowest BCUT2D eigenvalue weighted by molar-refractivity contribution is -0.160. The molecule has 0 radical (unpaired) electrons. The molecule has 0 bridgehead atoms. The van der Waals surface area contributed by atoms with Crippen LogP contribution in [0.25, 0.3) is 0 Å². The standard InChI is InChI=1S/C48H82N6O14/c1-5-6-7-8-9-10-11-12-13-14-15-16-23-42(58)49-40(22-19-28-53(66)43(59)31-35(2)24-29-55)48(64)68-30-25-36(3)32-44(60)52(65)26-17-20-38-46(62)51-39(47(63)50-38)21-18-27-54(67)45(61)33-37(4)41(57)34-56/h31-33,38-41,55-57,65-67H,5-30,34H2,1-4H3,(H,49,58)(H,50,63)(H,51,62)/b35-31+,36-32+,37-33+/t38-,39-,40-,41?/m0/s1. The Morgan fingerprint density at radius 3 is 1.54 bits per heavy atom. The molecule has 20 heteroatoms. The summed E-state index contributed by atoms with van der Waals surface area (Å²) in [5.74, 6) is -4.25. The van der Waals surface area contributed by atoms with Gasteiger partial charge in [0.15, 0.2) is 0 Å². The summed E-state index contributed by atoms with van der Waals surface area (Å²) >= 11 is 0. The van der Waals surface area contributed by atoms with E-state index in [0.29, 0.717) is 32.8 Å². The molecule has 1 saturated heterocycles. The molecule has 0 aromatic carbocycles. The fourth-order valence-corrected chi connectivity index (χ4v) is 7.20. The van der Waals surface area contributed by atoms with Gasteiger partial charge in [0, 0.05) is 57.3 Å². The van der Waals surface area contributed by atoms with Crippen molar-refractivity contribution >= 4 is 41.4 Å². The molecule has 0 spiro atoms. The number of aliphatic hydroxyl groups is 3. The molecular formula is C48H82N6O14. The van der Waals surface area contributed by atoms with Crippen LogP contribution in [0.15, 0.2) is 34.9 Å². The van der Waals surface area contributed by atoms with E-state index in [2.05, 4.69) is 22.9 Å². The lowest BCUT2D eigenvalue weighted by Gasteiger charge is -2.30. The lowest BCUT2D eigenvalue weighted by atomic mass is 10.0. The van der Waals surface area contributed by atoms with Gasteiger partial charge in [-0.1, -0.05) is 88.7 Å². The first-order valence-corrected chi connectivity index (χ1v) is 24.4. The van der Waals surface area contributed by atoms with Crippen LogP contribution in [-0.2, 0) is 38.3 Å². The summed E-state index contributed by atoms with van der Waals surface area (Å²) in [7, 11) is 0. The highest BCUT2D eigenvalue weighted by Gasteiger charge is 2.33. The Morgan fingerprint density at radius 2 is 1.07 bits per heavy atom. The van der Waals surface area contributed by atoms with Crippen molar-refractivity contribution in [1.29, 1.82) is 0 Å². The minimum absolute atomic E-state index is 0.0677. The average molecular weight is 967 g/mol. The third-order valence-corrected chi connectivity index (χ3v) is 11.5. The van der Waals surface area contributed by atoms with Gasteiger partial charge in [-0.15, -0.1) is 0 Å². The molecule has 1 unspecified atom stereocenters. The largest absolute Gasteiger partial charge is 0.464 e. The molecule has 1 aliphatic heterocycles. The summed E-state index contributed by atoms with van der Waals surface area (Å²) in [5.41, 5.74) is 1.21. The van der Waals surface area contributed by atoms with Crippen molar-refractivity contribution in [2.75, 3.05) is 39.5 Å². The van der Waals surface area contributed by atoms with Gasteiger partial charge in [-0.05, 0) is 77.7 Å². The highest BCUT2D eigenvalue weighted by atomic mass is 16.5. The van der Waals surface area contributed by atoms with Crippen molar-refractivity contribution in [1.82, 2.24) is 31.1 Å². The van der Waals surface area contributed by atoms with Crippen molar-refractivity contribution in [2.45, 2.75) is 187 Å². The number of nitrogens with zero attached hydrogens (tertiary/aromatic N) is 3. The van der Waals surface area contributed by atoms with Crippen LogP contribution in [0.2, 0.25) is 0 Å². The van der Waals surface area contributed by atoms with Gasteiger partial charge in [0.1, 0.15) is 18.1 Å². The molecule has 68 heavy (non-hydrogen) atoms. The van der Waals surface area contributed by atoms with Crippen molar-refractivity contribution in [3.63, 3.8) is 0 Å².